The smallest absolute Gasteiger partial charge is 0.225 e. The molecule has 3 unspecified atom stereocenters. The predicted octanol–water partition coefficient (Wildman–Crippen LogP) is 1.88. The molecule has 2 saturated carbocycles. The summed E-state index contributed by atoms with van der Waals surface area (Å²) < 4.78 is 5.68. The van der Waals surface area contributed by atoms with Crippen LogP contribution >= 0.6 is 12.4 Å². The van der Waals surface area contributed by atoms with Gasteiger partial charge in [-0.25, -0.2) is 0 Å². The lowest BCUT2D eigenvalue weighted by atomic mass is 9.88. The van der Waals surface area contributed by atoms with Crippen LogP contribution in [0, 0.1) is 11.8 Å². The number of carbonyl (C=O) groups is 1. The fourth-order valence-corrected chi connectivity index (χ4v) is 5.79. The van der Waals surface area contributed by atoms with Gasteiger partial charge >= 0.3 is 0 Å². The second-order valence-electron chi connectivity index (χ2n) is 9.29. The molecule has 29 heavy (non-hydrogen) atoms. The summed E-state index contributed by atoms with van der Waals surface area (Å²) in [4.78, 5) is 17.4. The summed E-state index contributed by atoms with van der Waals surface area (Å²) in [7, 11) is 0. The van der Waals surface area contributed by atoms with Gasteiger partial charge in [-0.2, -0.15) is 0 Å². The van der Waals surface area contributed by atoms with E-state index in [1.165, 1.54) is 38.5 Å². The SMILES string of the molecule is Cl.O=C(C1CCCCC1)N1CCN(CCNC2CCCC2C2COCCN2)CC1. The van der Waals surface area contributed by atoms with Gasteiger partial charge in [-0.05, 0) is 31.6 Å². The summed E-state index contributed by atoms with van der Waals surface area (Å²) in [5.74, 6) is 1.47. The first-order valence-corrected chi connectivity index (χ1v) is 11.9. The second-order valence-corrected chi connectivity index (χ2v) is 9.29. The van der Waals surface area contributed by atoms with Gasteiger partial charge in [0.1, 0.15) is 0 Å². The van der Waals surface area contributed by atoms with Crippen molar-refractivity contribution in [3.05, 3.63) is 0 Å². The van der Waals surface area contributed by atoms with Gasteiger partial charge in [0.05, 0.1) is 13.2 Å². The van der Waals surface area contributed by atoms with Crippen molar-refractivity contribution in [2.75, 3.05) is 59.0 Å². The zero-order valence-corrected chi connectivity index (χ0v) is 18.8. The van der Waals surface area contributed by atoms with E-state index >= 15 is 0 Å². The van der Waals surface area contributed by atoms with Crippen molar-refractivity contribution in [1.29, 1.82) is 0 Å². The fraction of sp³-hybridized carbons (Fsp3) is 0.955. The standard InChI is InChI=1S/C22H40N4O2.ClH/c27-22(18-5-2-1-3-6-18)26-14-12-25(13-15-26)11-9-23-20-8-4-7-19(20)21-17-28-16-10-24-21;/h18-21,23-24H,1-17H2;1H. The van der Waals surface area contributed by atoms with Gasteiger partial charge < -0.3 is 20.3 Å². The van der Waals surface area contributed by atoms with Gasteiger partial charge in [-0.3, -0.25) is 9.69 Å². The zero-order chi connectivity index (χ0) is 19.2. The molecule has 2 aliphatic carbocycles. The molecule has 0 radical (unpaired) electrons. The minimum Gasteiger partial charge on any atom is -0.379 e. The molecule has 168 valence electrons. The molecule has 7 heteroatoms. The molecule has 0 aromatic rings. The summed E-state index contributed by atoms with van der Waals surface area (Å²) in [6.07, 6.45) is 9.99. The molecule has 4 fully saturated rings. The highest BCUT2D eigenvalue weighted by Gasteiger charge is 2.34. The maximum absolute atomic E-state index is 12.7. The second kappa shape index (κ2) is 11.8. The Bertz CT molecular complexity index is 489. The number of carbonyl (C=O) groups excluding carboxylic acids is 1. The van der Waals surface area contributed by atoms with Crippen LogP contribution in [0.1, 0.15) is 51.4 Å². The Labute approximate surface area is 182 Å². The van der Waals surface area contributed by atoms with Gasteiger partial charge in [0.15, 0.2) is 0 Å². The normalized spacial score (nSPS) is 32.1. The molecule has 2 saturated heterocycles. The van der Waals surface area contributed by atoms with Gasteiger partial charge in [-0.15, -0.1) is 12.4 Å². The summed E-state index contributed by atoms with van der Waals surface area (Å²) >= 11 is 0. The number of amides is 1. The molecule has 0 spiro atoms. The van der Waals surface area contributed by atoms with Crippen molar-refractivity contribution in [3.63, 3.8) is 0 Å². The summed E-state index contributed by atoms with van der Waals surface area (Å²) in [5.41, 5.74) is 0. The molecule has 3 atom stereocenters. The van der Waals surface area contributed by atoms with Crippen LogP contribution < -0.4 is 10.6 Å². The number of ether oxygens (including phenoxy) is 1. The third-order valence-electron chi connectivity index (χ3n) is 7.51. The van der Waals surface area contributed by atoms with Crippen LogP contribution in [0.3, 0.4) is 0 Å². The van der Waals surface area contributed by atoms with Gasteiger partial charge in [-0.1, -0.05) is 25.7 Å². The van der Waals surface area contributed by atoms with Gasteiger partial charge in [0, 0.05) is 63.8 Å². The maximum atomic E-state index is 12.7. The average molecular weight is 429 g/mol. The van der Waals surface area contributed by atoms with Crippen molar-refractivity contribution in [3.8, 4) is 0 Å². The Balaban J connectivity index is 0.00000240. The van der Waals surface area contributed by atoms with E-state index in [0.29, 0.717) is 29.8 Å². The van der Waals surface area contributed by atoms with E-state index in [9.17, 15) is 4.79 Å². The molecule has 2 heterocycles. The highest BCUT2D eigenvalue weighted by atomic mass is 35.5. The summed E-state index contributed by atoms with van der Waals surface area (Å²) in [6, 6.07) is 1.16. The maximum Gasteiger partial charge on any atom is 0.225 e. The van der Waals surface area contributed by atoms with Crippen LogP contribution in [-0.4, -0.2) is 86.8 Å². The lowest BCUT2D eigenvalue weighted by Gasteiger charge is -2.37. The van der Waals surface area contributed by atoms with E-state index < -0.39 is 0 Å². The first-order valence-electron chi connectivity index (χ1n) is 11.9. The number of morpholine rings is 1. The number of hydrogen-bond acceptors (Lipinski definition) is 5. The molecular formula is C22H41ClN4O2. The van der Waals surface area contributed by atoms with Crippen LogP contribution in [0.25, 0.3) is 0 Å². The van der Waals surface area contributed by atoms with Crippen LogP contribution in [0.4, 0.5) is 0 Å². The minimum atomic E-state index is 0. The molecular weight excluding hydrogens is 388 g/mol. The number of rotatable bonds is 6. The molecule has 4 aliphatic rings. The van der Waals surface area contributed by atoms with Crippen LogP contribution in [0.5, 0.6) is 0 Å². The molecule has 2 aliphatic heterocycles. The van der Waals surface area contributed by atoms with Crippen LogP contribution in [0.15, 0.2) is 0 Å². The highest BCUT2D eigenvalue weighted by Crippen LogP contribution is 2.29. The fourth-order valence-electron chi connectivity index (χ4n) is 5.79. The Kier molecular flexibility index (Phi) is 9.51. The van der Waals surface area contributed by atoms with Gasteiger partial charge in [0.2, 0.25) is 5.91 Å². The first-order chi connectivity index (χ1) is 13.8. The largest absolute Gasteiger partial charge is 0.379 e. The van der Waals surface area contributed by atoms with Crippen molar-refractivity contribution in [2.24, 2.45) is 11.8 Å². The van der Waals surface area contributed by atoms with E-state index in [2.05, 4.69) is 20.4 Å². The summed E-state index contributed by atoms with van der Waals surface area (Å²) in [6.45, 7) is 8.80. The van der Waals surface area contributed by atoms with E-state index in [1.807, 2.05) is 0 Å². The Morgan fingerprint density at radius 1 is 1.00 bits per heavy atom. The van der Waals surface area contributed by atoms with Gasteiger partial charge in [0.25, 0.3) is 0 Å². The predicted molar refractivity (Wildman–Crippen MR) is 119 cm³/mol. The molecule has 6 nitrogen and oxygen atoms in total. The molecule has 0 aromatic heterocycles. The zero-order valence-electron chi connectivity index (χ0n) is 17.9. The summed E-state index contributed by atoms with van der Waals surface area (Å²) in [5, 5.41) is 7.50. The van der Waals surface area contributed by atoms with E-state index in [4.69, 9.17) is 4.74 Å². The topological polar surface area (TPSA) is 56.8 Å². The van der Waals surface area contributed by atoms with Crippen molar-refractivity contribution >= 4 is 18.3 Å². The Morgan fingerprint density at radius 3 is 2.52 bits per heavy atom. The average Bonchev–Trinajstić information content (AvgIpc) is 3.23. The minimum absolute atomic E-state index is 0. The van der Waals surface area contributed by atoms with E-state index in [-0.39, 0.29) is 12.4 Å². The number of nitrogens with zero attached hydrogens (tertiary/aromatic N) is 2. The first kappa shape index (κ1) is 23.3. The highest BCUT2D eigenvalue weighted by molar-refractivity contribution is 5.85. The third-order valence-corrected chi connectivity index (χ3v) is 7.51. The molecule has 0 aromatic carbocycles. The number of halogens is 1. The number of hydrogen-bond donors (Lipinski definition) is 2. The molecule has 0 bridgehead atoms. The van der Waals surface area contributed by atoms with Crippen molar-refractivity contribution in [1.82, 2.24) is 20.4 Å². The van der Waals surface area contributed by atoms with Crippen molar-refractivity contribution in [2.45, 2.75) is 63.5 Å². The Hall–Kier alpha value is -0.400. The quantitative estimate of drug-likeness (QED) is 0.676. The monoisotopic (exact) mass is 428 g/mol. The lowest BCUT2D eigenvalue weighted by molar-refractivity contribution is -0.138. The molecule has 2 N–H and O–H groups in total. The third kappa shape index (κ3) is 6.30. The van der Waals surface area contributed by atoms with Crippen molar-refractivity contribution < 1.29 is 9.53 Å². The van der Waals surface area contributed by atoms with Crippen LogP contribution in [0.2, 0.25) is 0 Å². The van der Waals surface area contributed by atoms with E-state index in [1.54, 1.807) is 0 Å². The lowest BCUT2D eigenvalue weighted by Crippen LogP contribution is -2.53. The molecule has 4 rings (SSSR count). The Morgan fingerprint density at radius 2 is 1.79 bits per heavy atom. The van der Waals surface area contributed by atoms with Crippen LogP contribution in [-0.2, 0) is 9.53 Å². The number of piperazine rings is 1. The molecule has 1 amide bonds. The number of nitrogens with one attached hydrogen (secondary N) is 2. The van der Waals surface area contributed by atoms with E-state index in [0.717, 1.165) is 71.9 Å².